The lowest BCUT2D eigenvalue weighted by molar-refractivity contribution is -0.613. The molecular weight excluding hydrogens is 291 g/mol. The number of carbonyl (C=O) groups is 2. The summed E-state index contributed by atoms with van der Waals surface area (Å²) in [6.07, 6.45) is 1.30. The van der Waals surface area contributed by atoms with Gasteiger partial charge in [-0.15, -0.1) is 0 Å². The summed E-state index contributed by atoms with van der Waals surface area (Å²) >= 11 is 0. The fourth-order valence-corrected chi connectivity index (χ4v) is 2.38. The Labute approximate surface area is 127 Å². The molecule has 2 atom stereocenters. The van der Waals surface area contributed by atoms with Gasteiger partial charge in [0.05, 0.1) is 18.5 Å². The van der Waals surface area contributed by atoms with E-state index in [1.807, 2.05) is 0 Å². The summed E-state index contributed by atoms with van der Waals surface area (Å²) < 4.78 is 5.79. The molecule has 0 radical (unpaired) electrons. The number of carbonyl (C=O) groups excluding carboxylic acids is 1. The molecule has 0 bridgehead atoms. The van der Waals surface area contributed by atoms with Crippen molar-refractivity contribution in [2.24, 2.45) is 0 Å². The Bertz CT molecular complexity index is 555. The van der Waals surface area contributed by atoms with Crippen LogP contribution in [0.15, 0.2) is 24.4 Å². The van der Waals surface area contributed by atoms with E-state index < -0.39 is 31.0 Å². The van der Waals surface area contributed by atoms with Crippen LogP contribution in [0.25, 0.3) is 0 Å². The molecule has 2 heterocycles. The van der Waals surface area contributed by atoms with Crippen molar-refractivity contribution in [2.75, 3.05) is 0 Å². The fourth-order valence-electron chi connectivity index (χ4n) is 2.38. The highest BCUT2D eigenvalue weighted by molar-refractivity contribution is 6.45. The van der Waals surface area contributed by atoms with Crippen LogP contribution in [0, 0.1) is 5.21 Å². The predicted octanol–water partition coefficient (Wildman–Crippen LogP) is -0.979. The zero-order valence-electron chi connectivity index (χ0n) is 11.8. The first-order valence-electron chi connectivity index (χ1n) is 6.97. The molecule has 0 aliphatic carbocycles. The summed E-state index contributed by atoms with van der Waals surface area (Å²) in [5, 5.41) is 32.6. The molecule has 8 nitrogen and oxygen atoms in total. The second-order valence-electron chi connectivity index (χ2n) is 5.19. The Balaban J connectivity index is 1.85. The first-order chi connectivity index (χ1) is 10.5. The van der Waals surface area contributed by atoms with E-state index in [1.54, 1.807) is 18.2 Å². The van der Waals surface area contributed by atoms with E-state index in [-0.39, 0.29) is 12.8 Å². The summed E-state index contributed by atoms with van der Waals surface area (Å²) in [6, 6.07) is 4.77. The highest BCUT2D eigenvalue weighted by atomic mass is 16.5. The maximum Gasteiger partial charge on any atom is 0.478 e. The molecule has 1 amide bonds. The zero-order valence-corrected chi connectivity index (χ0v) is 11.8. The maximum absolute atomic E-state index is 11.9. The first-order valence-corrected chi connectivity index (χ1v) is 6.97. The van der Waals surface area contributed by atoms with E-state index in [0.29, 0.717) is 23.3 Å². The summed E-state index contributed by atoms with van der Waals surface area (Å²) in [4.78, 5) is 22.5. The number of aliphatic carboxylic acids is 1. The zero-order chi connectivity index (χ0) is 16.1. The molecule has 9 heteroatoms. The number of hydrogen-bond donors (Lipinski definition) is 3. The third kappa shape index (κ3) is 4.44. The largest absolute Gasteiger partial charge is 0.618 e. The van der Waals surface area contributed by atoms with Gasteiger partial charge in [0.15, 0.2) is 6.20 Å². The van der Waals surface area contributed by atoms with Crippen molar-refractivity contribution in [1.29, 1.82) is 0 Å². The lowest BCUT2D eigenvalue weighted by Crippen LogP contribution is -2.53. The number of aromatic nitrogens is 1. The normalized spacial score (nSPS) is 21.4. The molecule has 0 aromatic carbocycles. The van der Waals surface area contributed by atoms with Gasteiger partial charge >= 0.3 is 13.1 Å². The van der Waals surface area contributed by atoms with Gasteiger partial charge in [-0.2, -0.15) is 4.73 Å². The van der Waals surface area contributed by atoms with Crippen molar-refractivity contribution in [3.05, 3.63) is 35.3 Å². The van der Waals surface area contributed by atoms with Crippen molar-refractivity contribution in [3.63, 3.8) is 0 Å². The first kappa shape index (κ1) is 16.2. The number of nitrogens with one attached hydrogen (secondary N) is 1. The fraction of sp³-hybridized carbons (Fsp3) is 0.462. The Morgan fingerprint density at radius 3 is 2.86 bits per heavy atom. The molecule has 0 saturated carbocycles. The SMILES string of the molecule is O=C(O)C[C@@H]1CC[C@H](NC(=O)Cc2cccc[n+]2[O-])B(O)O1. The van der Waals surface area contributed by atoms with Crippen molar-refractivity contribution >= 4 is 19.0 Å². The molecule has 1 aliphatic heterocycles. The van der Waals surface area contributed by atoms with Crippen LogP contribution in [0.4, 0.5) is 0 Å². The van der Waals surface area contributed by atoms with Gasteiger partial charge in [0, 0.05) is 12.1 Å². The van der Waals surface area contributed by atoms with Crippen LogP contribution in [-0.4, -0.2) is 41.2 Å². The van der Waals surface area contributed by atoms with Crippen LogP contribution >= 0.6 is 0 Å². The Morgan fingerprint density at radius 1 is 1.45 bits per heavy atom. The molecule has 1 fully saturated rings. The second kappa shape index (κ2) is 7.23. The van der Waals surface area contributed by atoms with Crippen molar-refractivity contribution in [3.8, 4) is 0 Å². The molecule has 22 heavy (non-hydrogen) atoms. The second-order valence-corrected chi connectivity index (χ2v) is 5.19. The van der Waals surface area contributed by atoms with E-state index in [2.05, 4.69) is 5.32 Å². The third-order valence-electron chi connectivity index (χ3n) is 3.47. The number of amides is 1. The van der Waals surface area contributed by atoms with Gasteiger partial charge in [0.1, 0.15) is 6.42 Å². The van der Waals surface area contributed by atoms with Crippen molar-refractivity contribution in [2.45, 2.75) is 37.7 Å². The van der Waals surface area contributed by atoms with Crippen LogP contribution in [0.1, 0.15) is 25.0 Å². The number of pyridine rings is 1. The van der Waals surface area contributed by atoms with E-state index in [9.17, 15) is 19.8 Å². The smallest absolute Gasteiger partial charge is 0.478 e. The van der Waals surface area contributed by atoms with Crippen molar-refractivity contribution in [1.82, 2.24) is 5.32 Å². The maximum atomic E-state index is 11.9. The number of rotatable bonds is 5. The minimum Gasteiger partial charge on any atom is -0.618 e. The molecular formula is C13H17BN2O6. The Hall–Kier alpha value is -2.13. The number of hydrogen-bond acceptors (Lipinski definition) is 5. The van der Waals surface area contributed by atoms with Gasteiger partial charge in [-0.25, -0.2) is 0 Å². The highest BCUT2D eigenvalue weighted by Gasteiger charge is 2.36. The summed E-state index contributed by atoms with van der Waals surface area (Å²) in [7, 11) is -1.25. The molecule has 0 unspecified atom stereocenters. The molecule has 1 aromatic heterocycles. The molecule has 1 aliphatic rings. The monoisotopic (exact) mass is 308 g/mol. The molecule has 2 rings (SSSR count). The minimum atomic E-state index is -1.25. The quantitative estimate of drug-likeness (QED) is 0.365. The number of nitrogens with zero attached hydrogens (tertiary/aromatic N) is 1. The molecule has 0 spiro atoms. The summed E-state index contributed by atoms with van der Waals surface area (Å²) in [5.74, 6) is -2.01. The highest BCUT2D eigenvalue weighted by Crippen LogP contribution is 2.18. The van der Waals surface area contributed by atoms with Crippen LogP contribution in [-0.2, 0) is 20.7 Å². The van der Waals surface area contributed by atoms with E-state index in [1.165, 1.54) is 6.20 Å². The van der Waals surface area contributed by atoms with Crippen LogP contribution < -0.4 is 10.0 Å². The van der Waals surface area contributed by atoms with E-state index in [0.717, 1.165) is 0 Å². The number of carboxylic acid groups (broad SMARTS) is 1. The summed E-state index contributed by atoms with van der Waals surface area (Å²) in [6.45, 7) is 0. The Morgan fingerprint density at radius 2 is 2.23 bits per heavy atom. The Kier molecular flexibility index (Phi) is 5.34. The van der Waals surface area contributed by atoms with E-state index in [4.69, 9.17) is 9.76 Å². The van der Waals surface area contributed by atoms with Crippen LogP contribution in [0.3, 0.4) is 0 Å². The van der Waals surface area contributed by atoms with Gasteiger partial charge < -0.3 is 25.3 Å². The number of carboxylic acids is 1. The van der Waals surface area contributed by atoms with Crippen molar-refractivity contribution < 1.29 is 29.1 Å². The summed E-state index contributed by atoms with van der Waals surface area (Å²) in [5.41, 5.74) is 0.301. The van der Waals surface area contributed by atoms with E-state index >= 15 is 0 Å². The van der Waals surface area contributed by atoms with Gasteiger partial charge in [-0.3, -0.25) is 9.59 Å². The van der Waals surface area contributed by atoms with Crippen LogP contribution in [0.5, 0.6) is 0 Å². The lowest BCUT2D eigenvalue weighted by Gasteiger charge is -2.30. The average Bonchev–Trinajstić information content (AvgIpc) is 2.44. The third-order valence-corrected chi connectivity index (χ3v) is 3.47. The molecule has 118 valence electrons. The molecule has 1 saturated heterocycles. The lowest BCUT2D eigenvalue weighted by atomic mass is 9.72. The minimum absolute atomic E-state index is 0.105. The molecule has 1 aromatic rings. The van der Waals surface area contributed by atoms with Gasteiger partial charge in [0.2, 0.25) is 11.6 Å². The van der Waals surface area contributed by atoms with Gasteiger partial charge in [-0.05, 0) is 18.9 Å². The average molecular weight is 308 g/mol. The standard InChI is InChI=1S/C13H17BN2O6/c17-12(7-9-3-1-2-6-16(9)21)15-11-5-4-10(8-13(18)19)22-14(11)20/h1-3,6,10-11,20H,4-5,7-8H2,(H,15,17)(H,18,19)/t10-,11-/m0/s1. The molecule has 3 N–H and O–H groups in total. The topological polar surface area (TPSA) is 123 Å². The van der Waals surface area contributed by atoms with Gasteiger partial charge in [-0.1, -0.05) is 0 Å². The predicted molar refractivity (Wildman–Crippen MR) is 75.4 cm³/mol. The van der Waals surface area contributed by atoms with Crippen LogP contribution in [0.2, 0.25) is 0 Å². The van der Waals surface area contributed by atoms with Gasteiger partial charge in [0.25, 0.3) is 0 Å².